The zero-order valence-electron chi connectivity index (χ0n) is 18.6. The van der Waals surface area contributed by atoms with Crippen molar-refractivity contribution >= 4 is 26.7 Å². The van der Waals surface area contributed by atoms with Crippen molar-refractivity contribution in [3.05, 3.63) is 109 Å². The minimum atomic E-state index is -4.56. The summed E-state index contributed by atoms with van der Waals surface area (Å²) in [5, 5.41) is 1.15. The van der Waals surface area contributed by atoms with E-state index in [1.807, 2.05) is 42.6 Å². The van der Waals surface area contributed by atoms with E-state index in [1.165, 1.54) is 12.4 Å². The summed E-state index contributed by atoms with van der Waals surface area (Å²) in [6, 6.07) is 20.9. The lowest BCUT2D eigenvalue weighted by Gasteiger charge is -2.12. The topological polar surface area (TPSA) is 76.9 Å². The molecule has 0 bridgehead atoms. The number of nitrogens with zero attached hydrogens (tertiary/aromatic N) is 3. The lowest BCUT2D eigenvalue weighted by atomic mass is 10.1. The summed E-state index contributed by atoms with van der Waals surface area (Å²) < 4.78 is 68.6. The molecule has 0 aliphatic carbocycles. The molecular formula is C26H19F3N4O2S. The Balaban J connectivity index is 1.38. The average molecular weight is 509 g/mol. The van der Waals surface area contributed by atoms with Crippen molar-refractivity contribution in [3.8, 4) is 11.3 Å². The Morgan fingerprint density at radius 2 is 1.53 bits per heavy atom. The quantitative estimate of drug-likeness (QED) is 0.307. The summed E-state index contributed by atoms with van der Waals surface area (Å²) in [4.78, 5) is 8.06. The molecule has 0 saturated carbocycles. The number of alkyl halides is 3. The van der Waals surface area contributed by atoms with Crippen LogP contribution in [0.2, 0.25) is 0 Å². The molecule has 0 atom stereocenters. The minimum absolute atomic E-state index is 0.0263. The van der Waals surface area contributed by atoms with Crippen LogP contribution in [0.5, 0.6) is 0 Å². The second-order valence-corrected chi connectivity index (χ2v) is 9.76. The second-order valence-electron chi connectivity index (χ2n) is 8.08. The van der Waals surface area contributed by atoms with Crippen molar-refractivity contribution in [2.75, 3.05) is 4.72 Å². The number of aromatic nitrogens is 3. The number of rotatable bonds is 6. The van der Waals surface area contributed by atoms with Gasteiger partial charge < -0.3 is 4.57 Å². The van der Waals surface area contributed by atoms with E-state index in [0.29, 0.717) is 17.8 Å². The van der Waals surface area contributed by atoms with E-state index in [0.717, 1.165) is 40.7 Å². The summed E-state index contributed by atoms with van der Waals surface area (Å²) in [5.41, 5.74) is 2.15. The second kappa shape index (κ2) is 9.12. The van der Waals surface area contributed by atoms with Crippen LogP contribution < -0.4 is 4.72 Å². The smallest absolute Gasteiger partial charge is 0.343 e. The number of halogens is 3. The molecule has 10 heteroatoms. The van der Waals surface area contributed by atoms with Gasteiger partial charge in [-0.25, -0.2) is 13.4 Å². The number of fused-ring (bicyclic) bond motifs is 1. The molecule has 0 unspecified atom stereocenters. The van der Waals surface area contributed by atoms with Crippen LogP contribution in [0.1, 0.15) is 11.1 Å². The van der Waals surface area contributed by atoms with Crippen molar-refractivity contribution in [2.24, 2.45) is 0 Å². The van der Waals surface area contributed by atoms with E-state index in [-0.39, 0.29) is 10.7 Å². The molecule has 2 aromatic heterocycles. The highest BCUT2D eigenvalue weighted by Crippen LogP contribution is 2.31. The molecule has 0 radical (unpaired) electrons. The van der Waals surface area contributed by atoms with Crippen LogP contribution in [0.25, 0.3) is 22.2 Å². The van der Waals surface area contributed by atoms with Gasteiger partial charge in [0.2, 0.25) is 0 Å². The van der Waals surface area contributed by atoms with Gasteiger partial charge in [-0.3, -0.25) is 9.71 Å². The monoisotopic (exact) mass is 508 g/mol. The molecule has 5 rings (SSSR count). The fraction of sp³-hybridized carbons (Fsp3) is 0.0769. The Labute approximate surface area is 205 Å². The largest absolute Gasteiger partial charge is 0.416 e. The van der Waals surface area contributed by atoms with Gasteiger partial charge >= 0.3 is 6.18 Å². The summed E-state index contributed by atoms with van der Waals surface area (Å²) in [5.74, 6) is -0.0263. The third-order valence-electron chi connectivity index (χ3n) is 5.68. The average Bonchev–Trinajstić information content (AvgIpc) is 3.27. The Hall–Kier alpha value is -4.18. The molecule has 0 spiro atoms. The third-order valence-corrected chi connectivity index (χ3v) is 7.04. The van der Waals surface area contributed by atoms with Crippen LogP contribution in [0.4, 0.5) is 19.0 Å². The lowest BCUT2D eigenvalue weighted by molar-refractivity contribution is -0.137. The molecule has 182 valence electrons. The maximum Gasteiger partial charge on any atom is 0.416 e. The number of nitrogens with one attached hydrogen (secondary N) is 1. The van der Waals surface area contributed by atoms with Crippen molar-refractivity contribution in [1.29, 1.82) is 0 Å². The molecule has 3 aromatic carbocycles. The number of sulfonamides is 1. The minimum Gasteiger partial charge on any atom is -0.343 e. The van der Waals surface area contributed by atoms with Crippen LogP contribution in [-0.2, 0) is 22.7 Å². The van der Waals surface area contributed by atoms with Crippen molar-refractivity contribution < 1.29 is 21.6 Å². The van der Waals surface area contributed by atoms with E-state index in [4.69, 9.17) is 0 Å². The summed E-state index contributed by atoms with van der Waals surface area (Å²) in [6.45, 7) is 0.654. The van der Waals surface area contributed by atoms with Gasteiger partial charge in [-0.15, -0.1) is 0 Å². The SMILES string of the molecule is O=S(=O)(Nc1nccnc1-c1ccc(Cn2ccc3ccccc32)cc1)c1ccc(C(F)(F)F)cc1. The molecule has 6 nitrogen and oxygen atoms in total. The summed E-state index contributed by atoms with van der Waals surface area (Å²) in [6.07, 6.45) is 0.231. The Kier molecular flexibility index (Phi) is 5.97. The number of benzene rings is 3. The molecule has 5 aromatic rings. The van der Waals surface area contributed by atoms with Crippen LogP contribution in [-0.4, -0.2) is 23.0 Å². The van der Waals surface area contributed by atoms with Gasteiger partial charge in [0.25, 0.3) is 10.0 Å². The van der Waals surface area contributed by atoms with Crippen molar-refractivity contribution in [2.45, 2.75) is 17.6 Å². The Bertz CT molecular complexity index is 1630. The van der Waals surface area contributed by atoms with Gasteiger partial charge in [-0.2, -0.15) is 13.2 Å². The van der Waals surface area contributed by atoms with Crippen LogP contribution >= 0.6 is 0 Å². The number of para-hydroxylation sites is 1. The number of anilines is 1. The highest BCUT2D eigenvalue weighted by molar-refractivity contribution is 7.92. The molecule has 2 heterocycles. The molecule has 0 aliphatic rings. The van der Waals surface area contributed by atoms with Gasteiger partial charge in [0.15, 0.2) is 5.82 Å². The molecule has 0 saturated heterocycles. The lowest BCUT2D eigenvalue weighted by Crippen LogP contribution is -2.15. The van der Waals surface area contributed by atoms with Gasteiger partial charge in [-0.1, -0.05) is 42.5 Å². The molecule has 0 fully saturated rings. The normalized spacial score (nSPS) is 12.1. The van der Waals surface area contributed by atoms with E-state index >= 15 is 0 Å². The Morgan fingerprint density at radius 3 is 2.25 bits per heavy atom. The molecular weight excluding hydrogens is 489 g/mol. The van der Waals surface area contributed by atoms with E-state index in [9.17, 15) is 21.6 Å². The van der Waals surface area contributed by atoms with Gasteiger partial charge in [-0.05, 0) is 47.3 Å². The van der Waals surface area contributed by atoms with E-state index < -0.39 is 21.8 Å². The van der Waals surface area contributed by atoms with E-state index in [1.54, 1.807) is 0 Å². The van der Waals surface area contributed by atoms with Crippen molar-refractivity contribution in [1.82, 2.24) is 14.5 Å². The molecule has 36 heavy (non-hydrogen) atoms. The Morgan fingerprint density at radius 1 is 0.833 bits per heavy atom. The van der Waals surface area contributed by atoms with Crippen LogP contribution in [0, 0.1) is 0 Å². The fourth-order valence-corrected chi connectivity index (χ4v) is 4.89. The molecule has 0 aliphatic heterocycles. The summed E-state index contributed by atoms with van der Waals surface area (Å²) in [7, 11) is -4.19. The predicted molar refractivity (Wildman–Crippen MR) is 131 cm³/mol. The zero-order chi connectivity index (χ0) is 25.3. The molecule has 1 N–H and O–H groups in total. The van der Waals surface area contributed by atoms with Gasteiger partial charge in [0, 0.05) is 36.2 Å². The third kappa shape index (κ3) is 4.80. The first-order valence-corrected chi connectivity index (χ1v) is 12.3. The van der Waals surface area contributed by atoms with Crippen molar-refractivity contribution in [3.63, 3.8) is 0 Å². The highest BCUT2D eigenvalue weighted by atomic mass is 32.2. The highest BCUT2D eigenvalue weighted by Gasteiger charge is 2.30. The first-order chi connectivity index (χ1) is 17.2. The van der Waals surface area contributed by atoms with E-state index in [2.05, 4.69) is 37.5 Å². The van der Waals surface area contributed by atoms with Crippen LogP contribution in [0.15, 0.2) is 102 Å². The predicted octanol–water partition coefficient (Wildman–Crippen LogP) is 5.97. The maximum atomic E-state index is 12.8. The standard InChI is InChI=1S/C26H19F3N4O2S/c27-26(28,29)21-9-11-22(12-10-21)36(34,35)32-25-24(30-14-15-31-25)20-7-5-18(6-8-20)17-33-16-13-19-3-1-2-4-23(19)33/h1-16H,17H2,(H,31,32). The summed E-state index contributed by atoms with van der Waals surface area (Å²) >= 11 is 0. The number of hydrogen-bond donors (Lipinski definition) is 1. The van der Waals surface area contributed by atoms with Crippen LogP contribution in [0.3, 0.4) is 0 Å². The zero-order valence-corrected chi connectivity index (χ0v) is 19.5. The number of hydrogen-bond acceptors (Lipinski definition) is 4. The first-order valence-electron chi connectivity index (χ1n) is 10.8. The first kappa shape index (κ1) is 23.6. The molecule has 0 amide bonds. The van der Waals surface area contributed by atoms with Gasteiger partial charge in [0.05, 0.1) is 10.5 Å². The fourth-order valence-electron chi connectivity index (χ4n) is 3.88. The van der Waals surface area contributed by atoms with Gasteiger partial charge in [0.1, 0.15) is 5.69 Å². The maximum absolute atomic E-state index is 12.8.